The Morgan fingerprint density at radius 3 is 2.67 bits per heavy atom. The van der Waals surface area contributed by atoms with Crippen LogP contribution in [0.2, 0.25) is 0 Å². The lowest BCUT2D eigenvalue weighted by molar-refractivity contribution is -0.118. The molecule has 0 unspecified atom stereocenters. The number of amides is 2. The van der Waals surface area contributed by atoms with E-state index in [2.05, 4.69) is 10.6 Å². The predicted molar refractivity (Wildman–Crippen MR) is 117 cm³/mol. The maximum atomic E-state index is 12.9. The number of carbonyl (C=O) groups is 2. The molecule has 0 saturated heterocycles. The normalized spacial score (nSPS) is 13.6. The molecular formula is C22H22N2O5S. The Labute approximate surface area is 178 Å². The van der Waals surface area contributed by atoms with Crippen LogP contribution in [0.1, 0.15) is 17.0 Å². The molecule has 30 heavy (non-hydrogen) atoms. The summed E-state index contributed by atoms with van der Waals surface area (Å²) < 4.78 is 16.7. The number of benzene rings is 2. The third kappa shape index (κ3) is 4.54. The summed E-state index contributed by atoms with van der Waals surface area (Å²) in [4.78, 5) is 25.6. The summed E-state index contributed by atoms with van der Waals surface area (Å²) in [7, 11) is 0. The maximum absolute atomic E-state index is 12.9. The smallest absolute Gasteiger partial charge is 0.287 e. The van der Waals surface area contributed by atoms with Crippen LogP contribution in [0.25, 0.3) is 11.0 Å². The molecule has 1 aromatic heterocycles. The van der Waals surface area contributed by atoms with E-state index in [1.807, 2.05) is 24.5 Å². The van der Waals surface area contributed by atoms with E-state index in [1.54, 1.807) is 42.1 Å². The first-order valence-corrected chi connectivity index (χ1v) is 11.0. The van der Waals surface area contributed by atoms with Crippen LogP contribution >= 0.6 is 11.8 Å². The molecule has 2 heterocycles. The van der Waals surface area contributed by atoms with Crippen LogP contribution in [-0.2, 0) is 4.79 Å². The molecule has 0 spiro atoms. The van der Waals surface area contributed by atoms with Gasteiger partial charge >= 0.3 is 0 Å². The number of rotatable bonds is 7. The van der Waals surface area contributed by atoms with Gasteiger partial charge in [0.1, 0.15) is 24.8 Å². The van der Waals surface area contributed by atoms with Crippen molar-refractivity contribution in [3.05, 3.63) is 54.3 Å². The van der Waals surface area contributed by atoms with E-state index < -0.39 is 11.9 Å². The van der Waals surface area contributed by atoms with E-state index in [1.165, 1.54) is 0 Å². The second kappa shape index (κ2) is 9.13. The second-order valence-corrected chi connectivity index (χ2v) is 7.79. The molecule has 4 rings (SSSR count). The molecule has 0 saturated carbocycles. The third-order valence-corrected chi connectivity index (χ3v) is 5.34. The van der Waals surface area contributed by atoms with Gasteiger partial charge in [0.25, 0.3) is 5.91 Å². The fraction of sp³-hybridized carbons (Fsp3) is 0.273. The number of carbonyl (C=O) groups excluding carboxylic acids is 2. The Bertz CT molecular complexity index is 1030. The Morgan fingerprint density at radius 1 is 1.07 bits per heavy atom. The number of furan rings is 1. The predicted octanol–water partition coefficient (Wildman–Crippen LogP) is 3.69. The number of ether oxygens (including phenoxy) is 2. The lowest BCUT2D eigenvalue weighted by Gasteiger charge is -2.20. The zero-order chi connectivity index (χ0) is 20.9. The van der Waals surface area contributed by atoms with E-state index in [4.69, 9.17) is 13.9 Å². The molecule has 2 aromatic carbocycles. The van der Waals surface area contributed by atoms with E-state index >= 15 is 0 Å². The van der Waals surface area contributed by atoms with Gasteiger partial charge in [-0.15, -0.1) is 0 Å². The van der Waals surface area contributed by atoms with Gasteiger partial charge in [-0.2, -0.15) is 11.8 Å². The molecule has 156 valence electrons. The number of fused-ring (bicyclic) bond motifs is 2. The highest BCUT2D eigenvalue weighted by Gasteiger charge is 2.24. The molecule has 0 aliphatic carbocycles. The van der Waals surface area contributed by atoms with Gasteiger partial charge in [-0.3, -0.25) is 9.59 Å². The molecule has 1 aliphatic heterocycles. The first-order valence-electron chi connectivity index (χ1n) is 9.63. The van der Waals surface area contributed by atoms with Gasteiger partial charge in [-0.05, 0) is 42.7 Å². The second-order valence-electron chi connectivity index (χ2n) is 6.80. The van der Waals surface area contributed by atoms with Gasteiger partial charge < -0.3 is 24.5 Å². The average Bonchev–Trinajstić information content (AvgIpc) is 3.21. The number of anilines is 1. The SMILES string of the molecule is CSCC[C@H](NC(=O)c1cc2ccccc2o1)C(=O)Nc1ccc2c(c1)OCCO2. The molecule has 0 bridgehead atoms. The van der Waals surface area contributed by atoms with Gasteiger partial charge in [0.2, 0.25) is 5.91 Å². The number of hydrogen-bond donors (Lipinski definition) is 2. The minimum Gasteiger partial charge on any atom is -0.486 e. The average molecular weight is 426 g/mol. The van der Waals surface area contributed by atoms with Crippen molar-refractivity contribution in [1.82, 2.24) is 5.32 Å². The lowest BCUT2D eigenvalue weighted by Crippen LogP contribution is -2.44. The molecule has 1 atom stereocenters. The van der Waals surface area contributed by atoms with Crippen molar-refractivity contribution in [2.24, 2.45) is 0 Å². The van der Waals surface area contributed by atoms with Crippen LogP contribution < -0.4 is 20.1 Å². The van der Waals surface area contributed by atoms with Crippen LogP contribution in [0, 0.1) is 0 Å². The van der Waals surface area contributed by atoms with E-state index in [9.17, 15) is 9.59 Å². The van der Waals surface area contributed by atoms with Crippen LogP contribution in [0.5, 0.6) is 11.5 Å². The van der Waals surface area contributed by atoms with Crippen LogP contribution in [0.15, 0.2) is 52.9 Å². The van der Waals surface area contributed by atoms with Crippen molar-refractivity contribution in [2.75, 3.05) is 30.5 Å². The molecular weight excluding hydrogens is 404 g/mol. The molecule has 7 nitrogen and oxygen atoms in total. The zero-order valence-corrected chi connectivity index (χ0v) is 17.3. The molecule has 2 amide bonds. The summed E-state index contributed by atoms with van der Waals surface area (Å²) in [5.41, 5.74) is 1.21. The Kier molecular flexibility index (Phi) is 6.13. The van der Waals surface area contributed by atoms with Crippen molar-refractivity contribution < 1.29 is 23.5 Å². The monoisotopic (exact) mass is 426 g/mol. The summed E-state index contributed by atoms with van der Waals surface area (Å²) in [5.74, 6) is 1.42. The van der Waals surface area contributed by atoms with Crippen molar-refractivity contribution >= 4 is 40.2 Å². The van der Waals surface area contributed by atoms with E-state index in [0.717, 1.165) is 11.1 Å². The lowest BCUT2D eigenvalue weighted by atomic mass is 10.2. The van der Waals surface area contributed by atoms with Crippen molar-refractivity contribution in [3.8, 4) is 11.5 Å². The summed E-state index contributed by atoms with van der Waals surface area (Å²) >= 11 is 1.61. The molecule has 0 radical (unpaired) electrons. The topological polar surface area (TPSA) is 89.8 Å². The van der Waals surface area contributed by atoms with E-state index in [0.29, 0.717) is 42.4 Å². The van der Waals surface area contributed by atoms with Crippen molar-refractivity contribution in [1.29, 1.82) is 0 Å². The minimum absolute atomic E-state index is 0.178. The van der Waals surface area contributed by atoms with Gasteiger partial charge in [0.15, 0.2) is 17.3 Å². The van der Waals surface area contributed by atoms with Gasteiger partial charge in [0.05, 0.1) is 0 Å². The summed E-state index contributed by atoms with van der Waals surface area (Å²) in [6.07, 6.45) is 2.44. The van der Waals surface area contributed by atoms with Gasteiger partial charge in [-0.25, -0.2) is 0 Å². The zero-order valence-electron chi connectivity index (χ0n) is 16.5. The van der Waals surface area contributed by atoms with Crippen LogP contribution in [0.4, 0.5) is 5.69 Å². The number of hydrogen-bond acceptors (Lipinski definition) is 6. The Hall–Kier alpha value is -3.13. The molecule has 8 heteroatoms. The van der Waals surface area contributed by atoms with Crippen molar-refractivity contribution in [2.45, 2.75) is 12.5 Å². The highest BCUT2D eigenvalue weighted by molar-refractivity contribution is 7.98. The quantitative estimate of drug-likeness (QED) is 0.599. The highest BCUT2D eigenvalue weighted by Crippen LogP contribution is 2.32. The number of para-hydroxylation sites is 1. The number of thioether (sulfide) groups is 1. The molecule has 3 aromatic rings. The number of nitrogens with one attached hydrogen (secondary N) is 2. The summed E-state index contributed by atoms with van der Waals surface area (Å²) in [6, 6.07) is 13.6. The standard InChI is InChI=1S/C22H22N2O5S/c1-30-11-8-16(24-22(26)20-12-14-4-2-3-5-17(14)29-20)21(25)23-15-6-7-18-19(13-15)28-10-9-27-18/h2-7,12-13,16H,8-11H2,1H3,(H,23,25)(H,24,26)/t16-/m0/s1. The molecule has 1 aliphatic rings. The Balaban J connectivity index is 1.47. The summed E-state index contributed by atoms with van der Waals surface area (Å²) in [5, 5.41) is 6.49. The minimum atomic E-state index is -0.702. The first kappa shape index (κ1) is 20.2. The van der Waals surface area contributed by atoms with Crippen molar-refractivity contribution in [3.63, 3.8) is 0 Å². The fourth-order valence-electron chi connectivity index (χ4n) is 3.18. The maximum Gasteiger partial charge on any atom is 0.287 e. The summed E-state index contributed by atoms with van der Waals surface area (Å²) in [6.45, 7) is 0.970. The van der Waals surface area contributed by atoms with Gasteiger partial charge in [0, 0.05) is 17.1 Å². The first-order chi connectivity index (χ1) is 14.6. The molecule has 0 fully saturated rings. The largest absolute Gasteiger partial charge is 0.486 e. The molecule has 2 N–H and O–H groups in total. The Morgan fingerprint density at radius 2 is 1.87 bits per heavy atom. The highest BCUT2D eigenvalue weighted by atomic mass is 32.2. The van der Waals surface area contributed by atoms with Gasteiger partial charge in [-0.1, -0.05) is 18.2 Å². The third-order valence-electron chi connectivity index (χ3n) is 4.69. The van der Waals surface area contributed by atoms with Crippen LogP contribution in [0.3, 0.4) is 0 Å². The van der Waals surface area contributed by atoms with Crippen LogP contribution in [-0.4, -0.2) is 43.1 Å². The fourth-order valence-corrected chi connectivity index (χ4v) is 3.65. The van der Waals surface area contributed by atoms with E-state index in [-0.39, 0.29) is 11.7 Å².